The lowest BCUT2D eigenvalue weighted by atomic mass is 9.96. The predicted molar refractivity (Wildman–Crippen MR) is 85.0 cm³/mol. The minimum Gasteiger partial charge on any atom is -0.381 e. The Morgan fingerprint density at radius 1 is 1.29 bits per heavy atom. The van der Waals surface area contributed by atoms with Crippen molar-refractivity contribution < 1.29 is 9.13 Å². The Bertz CT molecular complexity index is 406. The highest BCUT2D eigenvalue weighted by atomic mass is 19.1. The summed E-state index contributed by atoms with van der Waals surface area (Å²) in [5, 5.41) is 3.57. The van der Waals surface area contributed by atoms with Crippen LogP contribution in [0.1, 0.15) is 44.6 Å². The highest BCUT2D eigenvalue weighted by molar-refractivity contribution is 5.17. The summed E-state index contributed by atoms with van der Waals surface area (Å²) in [5.74, 6) is 0.366. The zero-order valence-corrected chi connectivity index (χ0v) is 13.1. The Morgan fingerprint density at radius 3 is 2.81 bits per heavy atom. The van der Waals surface area contributed by atoms with Gasteiger partial charge in [-0.25, -0.2) is 4.39 Å². The first-order valence-electron chi connectivity index (χ1n) is 8.34. The topological polar surface area (TPSA) is 21.3 Å². The van der Waals surface area contributed by atoms with E-state index < -0.39 is 0 Å². The van der Waals surface area contributed by atoms with Crippen LogP contribution in [-0.2, 0) is 11.2 Å². The van der Waals surface area contributed by atoms with Crippen LogP contribution in [0.4, 0.5) is 4.39 Å². The molecule has 1 aromatic rings. The van der Waals surface area contributed by atoms with Gasteiger partial charge in [0.2, 0.25) is 0 Å². The van der Waals surface area contributed by atoms with E-state index >= 15 is 0 Å². The van der Waals surface area contributed by atoms with E-state index in [1.54, 1.807) is 12.1 Å². The lowest BCUT2D eigenvalue weighted by Crippen LogP contribution is -2.27. The second kappa shape index (κ2) is 9.16. The van der Waals surface area contributed by atoms with E-state index in [1.165, 1.54) is 19.3 Å². The summed E-state index contributed by atoms with van der Waals surface area (Å²) in [6.45, 7) is 4.77. The van der Waals surface area contributed by atoms with Crippen molar-refractivity contribution in [3.8, 4) is 0 Å². The van der Waals surface area contributed by atoms with E-state index in [0.29, 0.717) is 12.0 Å². The SMILES string of the molecule is CCCCOCCC(CNC1CC1)Cc1ccccc1F. The monoisotopic (exact) mass is 293 g/mol. The molecule has 0 heterocycles. The van der Waals surface area contributed by atoms with Crippen LogP contribution in [0.25, 0.3) is 0 Å². The fraction of sp³-hybridized carbons (Fsp3) is 0.667. The first-order valence-corrected chi connectivity index (χ1v) is 8.34. The second-order valence-corrected chi connectivity index (χ2v) is 6.10. The van der Waals surface area contributed by atoms with Crippen LogP contribution in [-0.4, -0.2) is 25.8 Å². The molecule has 1 saturated carbocycles. The average Bonchev–Trinajstić information content (AvgIpc) is 3.30. The van der Waals surface area contributed by atoms with Gasteiger partial charge in [0, 0.05) is 19.3 Å². The summed E-state index contributed by atoms with van der Waals surface area (Å²) in [7, 11) is 0. The summed E-state index contributed by atoms with van der Waals surface area (Å²) in [6, 6.07) is 7.83. The molecule has 0 aromatic heterocycles. The van der Waals surface area contributed by atoms with Crippen molar-refractivity contribution in [2.45, 2.75) is 51.5 Å². The largest absolute Gasteiger partial charge is 0.381 e. The summed E-state index contributed by atoms with van der Waals surface area (Å²) in [6.07, 6.45) is 6.67. The summed E-state index contributed by atoms with van der Waals surface area (Å²) < 4.78 is 19.5. The highest BCUT2D eigenvalue weighted by Gasteiger charge is 2.22. The molecule has 1 atom stereocenters. The molecular weight excluding hydrogens is 265 g/mol. The van der Waals surface area contributed by atoms with Crippen LogP contribution in [0.15, 0.2) is 24.3 Å². The van der Waals surface area contributed by atoms with Crippen LogP contribution in [0.5, 0.6) is 0 Å². The molecule has 1 N–H and O–H groups in total. The van der Waals surface area contributed by atoms with Crippen LogP contribution >= 0.6 is 0 Å². The van der Waals surface area contributed by atoms with E-state index in [2.05, 4.69) is 12.2 Å². The number of hydrogen-bond acceptors (Lipinski definition) is 2. The van der Waals surface area contributed by atoms with E-state index in [0.717, 1.165) is 44.6 Å². The van der Waals surface area contributed by atoms with Gasteiger partial charge in [-0.3, -0.25) is 0 Å². The zero-order chi connectivity index (χ0) is 14.9. The molecule has 0 radical (unpaired) electrons. The molecule has 1 unspecified atom stereocenters. The summed E-state index contributed by atoms with van der Waals surface area (Å²) in [5.41, 5.74) is 0.827. The van der Waals surface area contributed by atoms with Crippen molar-refractivity contribution in [2.24, 2.45) is 5.92 Å². The van der Waals surface area contributed by atoms with Crippen molar-refractivity contribution >= 4 is 0 Å². The molecule has 1 aliphatic rings. The number of halogens is 1. The number of unbranched alkanes of at least 4 members (excludes halogenated alkanes) is 1. The van der Waals surface area contributed by atoms with E-state index in [1.807, 2.05) is 12.1 Å². The van der Waals surface area contributed by atoms with Gasteiger partial charge in [0.05, 0.1) is 0 Å². The maximum Gasteiger partial charge on any atom is 0.126 e. The molecule has 0 saturated heterocycles. The fourth-order valence-electron chi connectivity index (χ4n) is 2.47. The molecule has 3 heteroatoms. The number of benzene rings is 1. The van der Waals surface area contributed by atoms with Crippen molar-refractivity contribution in [1.29, 1.82) is 0 Å². The third-order valence-corrected chi connectivity index (χ3v) is 4.05. The molecule has 0 amide bonds. The number of hydrogen-bond donors (Lipinski definition) is 1. The number of ether oxygens (including phenoxy) is 1. The van der Waals surface area contributed by atoms with E-state index in [9.17, 15) is 4.39 Å². The second-order valence-electron chi connectivity index (χ2n) is 6.10. The van der Waals surface area contributed by atoms with Gasteiger partial charge in [0.25, 0.3) is 0 Å². The summed E-state index contributed by atoms with van der Waals surface area (Å²) >= 11 is 0. The van der Waals surface area contributed by atoms with Gasteiger partial charge in [-0.05, 0) is 56.2 Å². The van der Waals surface area contributed by atoms with Gasteiger partial charge < -0.3 is 10.1 Å². The van der Waals surface area contributed by atoms with Crippen molar-refractivity contribution in [1.82, 2.24) is 5.32 Å². The lowest BCUT2D eigenvalue weighted by Gasteiger charge is -2.18. The Balaban J connectivity index is 1.77. The summed E-state index contributed by atoms with van der Waals surface area (Å²) in [4.78, 5) is 0. The van der Waals surface area contributed by atoms with E-state index in [-0.39, 0.29) is 5.82 Å². The zero-order valence-electron chi connectivity index (χ0n) is 13.1. The molecule has 21 heavy (non-hydrogen) atoms. The molecule has 2 nitrogen and oxygen atoms in total. The smallest absolute Gasteiger partial charge is 0.126 e. The van der Waals surface area contributed by atoms with Gasteiger partial charge in [-0.15, -0.1) is 0 Å². The molecule has 0 spiro atoms. The minimum absolute atomic E-state index is 0.0826. The van der Waals surface area contributed by atoms with Crippen LogP contribution in [0.3, 0.4) is 0 Å². The Kier molecular flexibility index (Phi) is 7.17. The normalized spacial score (nSPS) is 16.1. The van der Waals surface area contributed by atoms with E-state index in [4.69, 9.17) is 4.74 Å². The highest BCUT2D eigenvalue weighted by Crippen LogP contribution is 2.21. The first kappa shape index (κ1) is 16.4. The van der Waals surface area contributed by atoms with Gasteiger partial charge in [-0.2, -0.15) is 0 Å². The lowest BCUT2D eigenvalue weighted by molar-refractivity contribution is 0.117. The van der Waals surface area contributed by atoms with Crippen molar-refractivity contribution in [3.63, 3.8) is 0 Å². The van der Waals surface area contributed by atoms with Crippen molar-refractivity contribution in [3.05, 3.63) is 35.6 Å². The third kappa shape index (κ3) is 6.58. The standard InChI is InChI=1S/C18H28FNO/c1-2-3-11-21-12-10-15(14-20-17-8-9-17)13-16-6-4-5-7-18(16)19/h4-7,15,17,20H,2-3,8-14H2,1H3. The Hall–Kier alpha value is -0.930. The maximum atomic E-state index is 13.8. The molecule has 0 aliphatic heterocycles. The predicted octanol–water partition coefficient (Wildman–Crippen LogP) is 3.94. The number of nitrogens with one attached hydrogen (secondary N) is 1. The van der Waals surface area contributed by atoms with Gasteiger partial charge in [-0.1, -0.05) is 31.5 Å². The number of rotatable bonds is 11. The average molecular weight is 293 g/mol. The quantitative estimate of drug-likeness (QED) is 0.624. The van der Waals surface area contributed by atoms with Crippen LogP contribution in [0, 0.1) is 11.7 Å². The first-order chi connectivity index (χ1) is 10.3. The molecule has 118 valence electrons. The maximum absolute atomic E-state index is 13.8. The fourth-order valence-corrected chi connectivity index (χ4v) is 2.47. The van der Waals surface area contributed by atoms with Gasteiger partial charge in [0.1, 0.15) is 5.82 Å². The molecule has 1 fully saturated rings. The van der Waals surface area contributed by atoms with Crippen LogP contribution in [0.2, 0.25) is 0 Å². The Morgan fingerprint density at radius 2 is 2.10 bits per heavy atom. The molecule has 1 aliphatic carbocycles. The minimum atomic E-state index is -0.0826. The Labute approximate surface area is 128 Å². The molecule has 0 bridgehead atoms. The molecule has 1 aromatic carbocycles. The van der Waals surface area contributed by atoms with Crippen LogP contribution < -0.4 is 5.32 Å². The van der Waals surface area contributed by atoms with Crippen molar-refractivity contribution in [2.75, 3.05) is 19.8 Å². The van der Waals surface area contributed by atoms with Gasteiger partial charge in [0.15, 0.2) is 0 Å². The third-order valence-electron chi connectivity index (χ3n) is 4.05. The van der Waals surface area contributed by atoms with Gasteiger partial charge >= 0.3 is 0 Å². The molecular formula is C18H28FNO. The molecule has 2 rings (SSSR count).